The third kappa shape index (κ3) is 1.77. The molecule has 0 N–H and O–H groups in total. The van der Waals surface area contributed by atoms with Crippen LogP contribution < -0.4 is 0 Å². The summed E-state index contributed by atoms with van der Waals surface area (Å²) in [6, 6.07) is 3.78. The summed E-state index contributed by atoms with van der Waals surface area (Å²) in [5.41, 5.74) is 1.02. The molecule has 1 heterocycles. The van der Waals surface area contributed by atoms with Crippen LogP contribution in [0.3, 0.4) is 0 Å². The molecule has 1 nitrogen and oxygen atoms in total. The van der Waals surface area contributed by atoms with Crippen LogP contribution >= 0.6 is 11.3 Å². The number of thiophene rings is 1. The number of Topliss-reactive ketones (excluding diaryl/α,β-unsaturated/α-hetero) is 1. The van der Waals surface area contributed by atoms with Gasteiger partial charge in [0.15, 0.2) is 5.78 Å². The fourth-order valence-corrected chi connectivity index (χ4v) is 1.58. The summed E-state index contributed by atoms with van der Waals surface area (Å²) in [4.78, 5) is 12.8. The average Bonchev–Trinajstić information content (AvgIpc) is 2.33. The normalized spacial score (nSPS) is 9.64. The van der Waals surface area contributed by atoms with Crippen LogP contribution in [0.15, 0.2) is 18.7 Å². The smallest absolute Gasteiger partial charge is 0.169 e. The van der Waals surface area contributed by atoms with Gasteiger partial charge in [-0.2, -0.15) is 0 Å². The van der Waals surface area contributed by atoms with E-state index in [1.54, 1.807) is 6.92 Å². The maximum absolute atomic E-state index is 10.9. The van der Waals surface area contributed by atoms with Crippen molar-refractivity contribution in [1.82, 2.24) is 0 Å². The predicted octanol–water partition coefficient (Wildman–Crippen LogP) is 2.98. The minimum atomic E-state index is 0.127. The first-order valence-corrected chi connectivity index (χ1v) is 4.19. The zero-order valence-corrected chi connectivity index (χ0v) is 7.49. The Morgan fingerprint density at radius 3 is 2.18 bits per heavy atom. The SMILES string of the molecule is C=C(C)c1ccc(C(C)=O)s1. The molecule has 0 fully saturated rings. The second-order valence-electron chi connectivity index (χ2n) is 2.50. The van der Waals surface area contributed by atoms with Crippen LogP contribution in [0.5, 0.6) is 0 Å². The molecule has 0 spiro atoms. The lowest BCUT2D eigenvalue weighted by Gasteiger charge is -1.88. The fraction of sp³-hybridized carbons (Fsp3) is 0.222. The fourth-order valence-electron chi connectivity index (χ4n) is 0.756. The summed E-state index contributed by atoms with van der Waals surface area (Å²) in [7, 11) is 0. The maximum atomic E-state index is 10.9. The summed E-state index contributed by atoms with van der Waals surface area (Å²) in [6.07, 6.45) is 0. The summed E-state index contributed by atoms with van der Waals surface area (Å²) in [6.45, 7) is 7.31. The van der Waals surface area contributed by atoms with E-state index in [2.05, 4.69) is 6.58 Å². The molecule has 1 rings (SSSR count). The highest BCUT2D eigenvalue weighted by Gasteiger charge is 2.03. The molecule has 0 radical (unpaired) electrons. The Morgan fingerprint density at radius 1 is 1.36 bits per heavy atom. The van der Waals surface area contributed by atoms with Crippen molar-refractivity contribution in [2.24, 2.45) is 0 Å². The highest BCUT2D eigenvalue weighted by atomic mass is 32.1. The molecule has 11 heavy (non-hydrogen) atoms. The molecule has 0 aliphatic carbocycles. The molecule has 0 aromatic carbocycles. The van der Waals surface area contributed by atoms with E-state index >= 15 is 0 Å². The molecule has 1 aromatic rings. The van der Waals surface area contributed by atoms with Crippen LogP contribution in [-0.4, -0.2) is 5.78 Å². The Kier molecular flexibility index (Phi) is 2.25. The van der Waals surface area contributed by atoms with Crippen LogP contribution in [0.1, 0.15) is 28.4 Å². The quantitative estimate of drug-likeness (QED) is 0.617. The van der Waals surface area contributed by atoms with Gasteiger partial charge in [-0.15, -0.1) is 11.3 Å². The average molecular weight is 166 g/mol. The molecule has 0 unspecified atom stereocenters. The monoisotopic (exact) mass is 166 g/mol. The van der Waals surface area contributed by atoms with Crippen molar-refractivity contribution < 1.29 is 4.79 Å². The Bertz CT molecular complexity index is 268. The van der Waals surface area contributed by atoms with E-state index in [0.29, 0.717) is 0 Å². The van der Waals surface area contributed by atoms with E-state index in [4.69, 9.17) is 0 Å². The number of carbonyl (C=O) groups is 1. The van der Waals surface area contributed by atoms with E-state index < -0.39 is 0 Å². The molecular weight excluding hydrogens is 156 g/mol. The van der Waals surface area contributed by atoms with Gasteiger partial charge in [-0.05, 0) is 31.6 Å². The Labute approximate surface area is 70.4 Å². The van der Waals surface area contributed by atoms with E-state index in [0.717, 1.165) is 15.3 Å². The van der Waals surface area contributed by atoms with Gasteiger partial charge < -0.3 is 0 Å². The predicted molar refractivity (Wildman–Crippen MR) is 49.0 cm³/mol. The van der Waals surface area contributed by atoms with Crippen molar-refractivity contribution >= 4 is 22.7 Å². The van der Waals surface area contributed by atoms with Crippen molar-refractivity contribution in [3.63, 3.8) is 0 Å². The molecule has 0 aliphatic rings. The number of allylic oxidation sites excluding steroid dienone is 1. The van der Waals surface area contributed by atoms with Crippen LogP contribution in [0.4, 0.5) is 0 Å². The van der Waals surface area contributed by atoms with E-state index in [1.807, 2.05) is 19.1 Å². The van der Waals surface area contributed by atoms with Crippen LogP contribution in [0, 0.1) is 0 Å². The molecule has 0 saturated heterocycles. The number of carbonyl (C=O) groups excluding carboxylic acids is 1. The van der Waals surface area contributed by atoms with Crippen molar-refractivity contribution in [2.75, 3.05) is 0 Å². The van der Waals surface area contributed by atoms with Gasteiger partial charge in [-0.25, -0.2) is 0 Å². The molecular formula is C9H10OS. The summed E-state index contributed by atoms with van der Waals surface area (Å²) in [5.74, 6) is 0.127. The molecule has 2 heteroatoms. The Balaban J connectivity index is 2.99. The van der Waals surface area contributed by atoms with Gasteiger partial charge in [0.2, 0.25) is 0 Å². The second-order valence-corrected chi connectivity index (χ2v) is 3.58. The van der Waals surface area contributed by atoms with Crippen molar-refractivity contribution in [1.29, 1.82) is 0 Å². The van der Waals surface area contributed by atoms with Gasteiger partial charge in [0.05, 0.1) is 4.88 Å². The molecule has 0 amide bonds. The molecule has 0 bridgehead atoms. The highest BCUT2D eigenvalue weighted by molar-refractivity contribution is 7.15. The first-order chi connectivity index (χ1) is 5.11. The standard InChI is InChI=1S/C9H10OS/c1-6(2)8-4-5-9(11-8)7(3)10/h4-5H,1H2,2-3H3. The third-order valence-corrected chi connectivity index (χ3v) is 2.72. The van der Waals surface area contributed by atoms with Crippen molar-refractivity contribution in [3.8, 4) is 0 Å². The number of hydrogen-bond acceptors (Lipinski definition) is 2. The second kappa shape index (κ2) is 3.01. The first-order valence-electron chi connectivity index (χ1n) is 3.38. The largest absolute Gasteiger partial charge is 0.294 e. The van der Waals surface area contributed by atoms with E-state index in [9.17, 15) is 4.79 Å². The summed E-state index contributed by atoms with van der Waals surface area (Å²) >= 11 is 1.50. The number of rotatable bonds is 2. The lowest BCUT2D eigenvalue weighted by Crippen LogP contribution is -1.83. The zero-order valence-electron chi connectivity index (χ0n) is 6.68. The number of ketones is 1. The third-order valence-electron chi connectivity index (χ3n) is 1.37. The molecule has 1 aromatic heterocycles. The summed E-state index contributed by atoms with van der Waals surface area (Å²) in [5, 5.41) is 0. The minimum Gasteiger partial charge on any atom is -0.294 e. The maximum Gasteiger partial charge on any atom is 0.169 e. The van der Waals surface area contributed by atoms with Crippen LogP contribution in [0.25, 0.3) is 5.57 Å². The lowest BCUT2D eigenvalue weighted by molar-refractivity contribution is 0.102. The molecule has 0 atom stereocenters. The van der Waals surface area contributed by atoms with E-state index in [1.165, 1.54) is 11.3 Å². The van der Waals surface area contributed by atoms with Gasteiger partial charge in [-0.1, -0.05) is 6.58 Å². The molecule has 0 saturated carbocycles. The van der Waals surface area contributed by atoms with E-state index in [-0.39, 0.29) is 5.78 Å². The van der Waals surface area contributed by atoms with Gasteiger partial charge in [-0.3, -0.25) is 4.79 Å². The van der Waals surface area contributed by atoms with Gasteiger partial charge in [0.25, 0.3) is 0 Å². The van der Waals surface area contributed by atoms with Crippen molar-refractivity contribution in [3.05, 3.63) is 28.5 Å². The lowest BCUT2D eigenvalue weighted by atomic mass is 10.3. The van der Waals surface area contributed by atoms with Gasteiger partial charge >= 0.3 is 0 Å². The topological polar surface area (TPSA) is 17.1 Å². The van der Waals surface area contributed by atoms with Crippen LogP contribution in [0.2, 0.25) is 0 Å². The van der Waals surface area contributed by atoms with Crippen molar-refractivity contribution in [2.45, 2.75) is 13.8 Å². The highest BCUT2D eigenvalue weighted by Crippen LogP contribution is 2.22. The van der Waals surface area contributed by atoms with Gasteiger partial charge in [0.1, 0.15) is 0 Å². The molecule has 0 aliphatic heterocycles. The van der Waals surface area contributed by atoms with Gasteiger partial charge in [0, 0.05) is 4.88 Å². The minimum absolute atomic E-state index is 0.127. The zero-order chi connectivity index (χ0) is 8.43. The Morgan fingerprint density at radius 2 is 1.91 bits per heavy atom. The first kappa shape index (κ1) is 8.21. The number of hydrogen-bond donors (Lipinski definition) is 0. The summed E-state index contributed by atoms with van der Waals surface area (Å²) < 4.78 is 0. The Hall–Kier alpha value is -0.890. The molecule has 58 valence electrons. The van der Waals surface area contributed by atoms with Crippen LogP contribution in [-0.2, 0) is 0 Å².